The predicted molar refractivity (Wildman–Crippen MR) is 90.0 cm³/mol. The highest BCUT2D eigenvalue weighted by atomic mass is 32.2. The van der Waals surface area contributed by atoms with Crippen LogP contribution in [0.15, 0.2) is 23.1 Å². The van der Waals surface area contributed by atoms with Crippen molar-refractivity contribution >= 4 is 15.7 Å². The van der Waals surface area contributed by atoms with Gasteiger partial charge < -0.3 is 0 Å². The van der Waals surface area contributed by atoms with Gasteiger partial charge in [0.1, 0.15) is 0 Å². The molecule has 0 aliphatic rings. The average Bonchev–Trinajstić information content (AvgIpc) is 2.42. The lowest BCUT2D eigenvalue weighted by molar-refractivity contribution is -0.385. The van der Waals surface area contributed by atoms with Gasteiger partial charge in [0.15, 0.2) is 0 Å². The highest BCUT2D eigenvalue weighted by Gasteiger charge is 2.20. The van der Waals surface area contributed by atoms with Crippen molar-refractivity contribution < 1.29 is 13.3 Å². The van der Waals surface area contributed by atoms with E-state index in [0.717, 1.165) is 0 Å². The first-order valence-electron chi connectivity index (χ1n) is 7.56. The first kappa shape index (κ1) is 19.5. The third-order valence-corrected chi connectivity index (χ3v) is 5.27. The molecule has 0 fully saturated rings. The van der Waals surface area contributed by atoms with E-state index in [-0.39, 0.29) is 17.1 Å². The van der Waals surface area contributed by atoms with Crippen molar-refractivity contribution in [3.05, 3.63) is 33.9 Å². The largest absolute Gasteiger partial charge is 0.297 e. The molecule has 0 aliphatic heterocycles. The number of non-ortho nitro benzene ring substituents is 1. The normalized spacial score (nSPS) is 12.3. The number of hydrogen-bond donors (Lipinski definition) is 1. The molecule has 130 valence electrons. The molecule has 0 radical (unpaired) electrons. The van der Waals surface area contributed by atoms with Gasteiger partial charge in [0.25, 0.3) is 5.69 Å². The van der Waals surface area contributed by atoms with E-state index in [1.165, 1.54) is 18.2 Å². The Morgan fingerprint density at radius 1 is 1.22 bits per heavy atom. The summed E-state index contributed by atoms with van der Waals surface area (Å²) in [6.45, 7) is 10.7. The first-order chi connectivity index (χ1) is 10.6. The topological polar surface area (TPSA) is 92.5 Å². The molecular weight excluding hydrogens is 318 g/mol. The number of aryl methyl sites for hydroxylation is 1. The fourth-order valence-corrected chi connectivity index (χ4v) is 3.79. The van der Waals surface area contributed by atoms with E-state index in [2.05, 4.69) is 37.3 Å². The number of hydrogen-bond acceptors (Lipinski definition) is 5. The summed E-state index contributed by atoms with van der Waals surface area (Å²) in [5, 5.41) is 10.7. The van der Waals surface area contributed by atoms with Gasteiger partial charge in [-0.15, -0.1) is 0 Å². The first-order valence-corrected chi connectivity index (χ1v) is 9.05. The minimum Gasteiger partial charge on any atom is -0.297 e. The Hall–Kier alpha value is -1.51. The monoisotopic (exact) mass is 343 g/mol. The van der Waals surface area contributed by atoms with Crippen LogP contribution in [0.5, 0.6) is 0 Å². The Balaban J connectivity index is 2.82. The van der Waals surface area contributed by atoms with Gasteiger partial charge in [0, 0.05) is 37.3 Å². The Morgan fingerprint density at radius 3 is 2.22 bits per heavy atom. The van der Waals surface area contributed by atoms with Crippen molar-refractivity contribution in [2.75, 3.05) is 13.1 Å². The number of nitrogens with one attached hydrogen (secondary N) is 1. The van der Waals surface area contributed by atoms with Crippen molar-refractivity contribution in [3.63, 3.8) is 0 Å². The van der Waals surface area contributed by atoms with Crippen LogP contribution in [0.2, 0.25) is 0 Å². The van der Waals surface area contributed by atoms with Crippen LogP contribution in [-0.4, -0.2) is 43.4 Å². The number of benzene rings is 1. The summed E-state index contributed by atoms with van der Waals surface area (Å²) in [6.07, 6.45) is 0. The van der Waals surface area contributed by atoms with E-state index in [0.29, 0.717) is 24.2 Å². The van der Waals surface area contributed by atoms with Gasteiger partial charge in [-0.05, 0) is 46.2 Å². The van der Waals surface area contributed by atoms with E-state index in [1.807, 2.05) is 0 Å². The molecular formula is C15H25N3O4S. The van der Waals surface area contributed by atoms with Crippen LogP contribution in [-0.2, 0) is 10.0 Å². The number of sulfonamides is 1. The van der Waals surface area contributed by atoms with Crippen molar-refractivity contribution in [1.29, 1.82) is 0 Å². The number of nitrogens with zero attached hydrogens (tertiary/aromatic N) is 2. The smallest absolute Gasteiger partial charge is 0.269 e. The second kappa shape index (κ2) is 7.85. The number of nitro benzene ring substituents is 1. The number of nitro groups is 1. The maximum absolute atomic E-state index is 12.4. The fourth-order valence-electron chi connectivity index (χ4n) is 2.55. The predicted octanol–water partition coefficient (Wildman–Crippen LogP) is 2.30. The highest BCUT2D eigenvalue weighted by molar-refractivity contribution is 7.89. The SMILES string of the molecule is Cc1cc([N+](=O)[O-])ccc1S(=O)(=O)NCCN(C(C)C)C(C)C. The maximum atomic E-state index is 12.4. The molecule has 0 bridgehead atoms. The van der Waals surface area contributed by atoms with E-state index in [9.17, 15) is 18.5 Å². The minimum atomic E-state index is -3.68. The lowest BCUT2D eigenvalue weighted by Gasteiger charge is -2.30. The van der Waals surface area contributed by atoms with Crippen molar-refractivity contribution in [3.8, 4) is 0 Å². The highest BCUT2D eigenvalue weighted by Crippen LogP contribution is 2.20. The summed E-state index contributed by atoms with van der Waals surface area (Å²) in [4.78, 5) is 12.4. The molecule has 1 rings (SSSR count). The lowest BCUT2D eigenvalue weighted by Crippen LogP contribution is -2.42. The Morgan fingerprint density at radius 2 is 1.78 bits per heavy atom. The molecule has 0 aliphatic carbocycles. The summed E-state index contributed by atoms with van der Waals surface area (Å²) in [6, 6.07) is 4.39. The molecule has 1 aromatic carbocycles. The lowest BCUT2D eigenvalue weighted by atomic mass is 10.2. The van der Waals surface area contributed by atoms with Crippen molar-refractivity contribution in [1.82, 2.24) is 9.62 Å². The van der Waals surface area contributed by atoms with Gasteiger partial charge in [0.2, 0.25) is 10.0 Å². The molecule has 0 saturated carbocycles. The van der Waals surface area contributed by atoms with E-state index in [1.54, 1.807) is 6.92 Å². The average molecular weight is 343 g/mol. The van der Waals surface area contributed by atoms with Crippen LogP contribution in [0, 0.1) is 17.0 Å². The van der Waals surface area contributed by atoms with E-state index >= 15 is 0 Å². The second-order valence-corrected chi connectivity index (χ2v) is 7.77. The molecule has 0 spiro atoms. The molecule has 0 saturated heterocycles. The fraction of sp³-hybridized carbons (Fsp3) is 0.600. The van der Waals surface area contributed by atoms with Crippen molar-refractivity contribution in [2.45, 2.75) is 51.6 Å². The molecule has 0 unspecified atom stereocenters. The Kier molecular flexibility index (Phi) is 6.67. The van der Waals surface area contributed by atoms with Crippen LogP contribution in [0.25, 0.3) is 0 Å². The molecule has 23 heavy (non-hydrogen) atoms. The standard InChI is InChI=1S/C15H25N3O4S/c1-11(2)17(12(3)4)9-8-16-23(21,22)15-7-6-14(18(19)20)10-13(15)5/h6-7,10-12,16H,8-9H2,1-5H3. The van der Waals surface area contributed by atoms with E-state index < -0.39 is 14.9 Å². The molecule has 0 heterocycles. The quantitative estimate of drug-likeness (QED) is 0.577. The van der Waals surface area contributed by atoms with Crippen LogP contribution in [0.3, 0.4) is 0 Å². The molecule has 0 atom stereocenters. The molecule has 1 N–H and O–H groups in total. The van der Waals surface area contributed by atoms with Gasteiger partial charge in [-0.1, -0.05) is 0 Å². The summed E-state index contributed by atoms with van der Waals surface area (Å²) in [7, 11) is -3.68. The third-order valence-electron chi connectivity index (χ3n) is 3.65. The molecule has 0 aromatic heterocycles. The maximum Gasteiger partial charge on any atom is 0.269 e. The van der Waals surface area contributed by atoms with E-state index in [4.69, 9.17) is 0 Å². The van der Waals surface area contributed by atoms with Gasteiger partial charge in [0.05, 0.1) is 9.82 Å². The zero-order valence-corrected chi connectivity index (χ0v) is 15.1. The van der Waals surface area contributed by atoms with Gasteiger partial charge in [-0.2, -0.15) is 0 Å². The van der Waals surface area contributed by atoms with Crippen LogP contribution >= 0.6 is 0 Å². The van der Waals surface area contributed by atoms with Crippen molar-refractivity contribution in [2.24, 2.45) is 0 Å². The molecule has 0 amide bonds. The van der Waals surface area contributed by atoms with Crippen LogP contribution in [0.4, 0.5) is 5.69 Å². The number of rotatable bonds is 8. The Labute approximate surface area is 137 Å². The summed E-state index contributed by atoms with van der Waals surface area (Å²) >= 11 is 0. The Bertz CT molecular complexity index is 649. The summed E-state index contributed by atoms with van der Waals surface area (Å²) in [5.41, 5.74) is 0.239. The molecule has 1 aromatic rings. The minimum absolute atomic E-state index is 0.0729. The van der Waals surface area contributed by atoms with Crippen LogP contribution in [0.1, 0.15) is 33.3 Å². The van der Waals surface area contributed by atoms with Crippen LogP contribution < -0.4 is 4.72 Å². The van der Waals surface area contributed by atoms with Gasteiger partial charge >= 0.3 is 0 Å². The zero-order chi connectivity index (χ0) is 17.8. The summed E-state index contributed by atoms with van der Waals surface area (Å²) < 4.78 is 27.3. The summed E-state index contributed by atoms with van der Waals surface area (Å²) in [5.74, 6) is 0. The zero-order valence-electron chi connectivity index (χ0n) is 14.2. The van der Waals surface area contributed by atoms with Gasteiger partial charge in [-0.3, -0.25) is 15.0 Å². The molecule has 8 heteroatoms. The van der Waals surface area contributed by atoms with Gasteiger partial charge in [-0.25, -0.2) is 13.1 Å². The second-order valence-electron chi connectivity index (χ2n) is 6.03. The third kappa shape index (κ3) is 5.26. The molecule has 7 nitrogen and oxygen atoms in total.